The fourth-order valence-corrected chi connectivity index (χ4v) is 2.49. The molecule has 1 aromatic rings. The minimum Gasteiger partial charge on any atom is -0.490 e. The highest BCUT2D eigenvalue weighted by Gasteiger charge is 2.16. The lowest BCUT2D eigenvalue weighted by molar-refractivity contribution is 0.209. The molecule has 0 amide bonds. The van der Waals surface area contributed by atoms with Crippen LogP contribution in [0.1, 0.15) is 45.1 Å². The molecule has 1 fully saturated rings. The molecule has 0 atom stereocenters. The van der Waals surface area contributed by atoms with Crippen LogP contribution in [0, 0.1) is 11.7 Å². The van der Waals surface area contributed by atoms with Gasteiger partial charge in [-0.1, -0.05) is 13.8 Å². The third kappa shape index (κ3) is 4.83. The average molecular weight is 265 g/mol. The Morgan fingerprint density at radius 3 is 2.68 bits per heavy atom. The first-order chi connectivity index (χ1) is 9.13. The number of hydrogen-bond acceptors (Lipinski definition) is 2. The van der Waals surface area contributed by atoms with Crippen LogP contribution < -0.4 is 10.1 Å². The number of benzene rings is 1. The molecule has 0 aliphatic heterocycles. The molecule has 1 aliphatic carbocycles. The van der Waals surface area contributed by atoms with E-state index in [1.807, 2.05) is 6.07 Å². The molecule has 19 heavy (non-hydrogen) atoms. The molecule has 1 aromatic carbocycles. The Morgan fingerprint density at radius 2 is 2.00 bits per heavy atom. The van der Waals surface area contributed by atoms with Crippen molar-refractivity contribution in [1.29, 1.82) is 0 Å². The van der Waals surface area contributed by atoms with Gasteiger partial charge in [0.05, 0.1) is 6.10 Å². The summed E-state index contributed by atoms with van der Waals surface area (Å²) in [5, 5.41) is 3.33. The summed E-state index contributed by atoms with van der Waals surface area (Å²) in [6.45, 7) is 5.95. The topological polar surface area (TPSA) is 21.3 Å². The predicted molar refractivity (Wildman–Crippen MR) is 75.8 cm³/mol. The summed E-state index contributed by atoms with van der Waals surface area (Å²) in [7, 11) is 0. The molecule has 2 rings (SSSR count). The van der Waals surface area contributed by atoms with E-state index in [1.54, 1.807) is 6.07 Å². The van der Waals surface area contributed by atoms with Gasteiger partial charge in [-0.3, -0.25) is 0 Å². The van der Waals surface area contributed by atoms with E-state index in [-0.39, 0.29) is 11.9 Å². The first-order valence-corrected chi connectivity index (χ1v) is 7.30. The molecule has 1 aliphatic rings. The molecule has 0 spiro atoms. The Bertz CT molecular complexity index is 400. The van der Waals surface area contributed by atoms with Gasteiger partial charge < -0.3 is 10.1 Å². The summed E-state index contributed by atoms with van der Waals surface area (Å²) in [5.41, 5.74) is 0.952. The SMILES string of the molecule is CC(C)CNCc1cc(F)cc(OC2CCCC2)c1. The predicted octanol–water partition coefficient (Wildman–Crippen LogP) is 3.89. The zero-order valence-corrected chi connectivity index (χ0v) is 11.9. The van der Waals surface area contributed by atoms with E-state index in [9.17, 15) is 4.39 Å². The van der Waals surface area contributed by atoms with E-state index in [0.717, 1.165) is 24.9 Å². The molecule has 1 saturated carbocycles. The molecular formula is C16H24FNO. The number of rotatable bonds is 6. The Labute approximate surface area is 115 Å². The van der Waals surface area contributed by atoms with E-state index in [4.69, 9.17) is 4.74 Å². The van der Waals surface area contributed by atoms with Gasteiger partial charge in [-0.15, -0.1) is 0 Å². The van der Waals surface area contributed by atoms with Gasteiger partial charge in [-0.25, -0.2) is 4.39 Å². The van der Waals surface area contributed by atoms with E-state index in [1.165, 1.54) is 18.9 Å². The number of halogens is 1. The van der Waals surface area contributed by atoms with Crippen LogP contribution in [0.15, 0.2) is 18.2 Å². The number of nitrogens with one attached hydrogen (secondary N) is 1. The Morgan fingerprint density at radius 1 is 1.26 bits per heavy atom. The standard InChI is InChI=1S/C16H24FNO/c1-12(2)10-18-11-13-7-14(17)9-16(8-13)19-15-5-3-4-6-15/h7-9,12,15,18H,3-6,10-11H2,1-2H3. The van der Waals surface area contributed by atoms with Gasteiger partial charge in [0.1, 0.15) is 11.6 Å². The third-order valence-corrected chi connectivity index (χ3v) is 3.42. The molecule has 106 valence electrons. The second-order valence-corrected chi connectivity index (χ2v) is 5.84. The fraction of sp³-hybridized carbons (Fsp3) is 0.625. The number of ether oxygens (including phenoxy) is 1. The summed E-state index contributed by atoms with van der Waals surface area (Å²) < 4.78 is 19.4. The zero-order chi connectivity index (χ0) is 13.7. The summed E-state index contributed by atoms with van der Waals surface area (Å²) in [5.74, 6) is 1.06. The second-order valence-electron chi connectivity index (χ2n) is 5.84. The van der Waals surface area contributed by atoms with Crippen LogP contribution in [0.5, 0.6) is 5.75 Å². The maximum absolute atomic E-state index is 13.6. The lowest BCUT2D eigenvalue weighted by Crippen LogP contribution is -2.19. The van der Waals surface area contributed by atoms with Crippen LogP contribution in [0.3, 0.4) is 0 Å². The molecule has 0 heterocycles. The minimum atomic E-state index is -0.211. The molecule has 0 unspecified atom stereocenters. The van der Waals surface area contributed by atoms with Gasteiger partial charge in [0, 0.05) is 12.6 Å². The van der Waals surface area contributed by atoms with Gasteiger partial charge in [0.15, 0.2) is 0 Å². The average Bonchev–Trinajstić information content (AvgIpc) is 2.80. The maximum atomic E-state index is 13.6. The summed E-state index contributed by atoms with van der Waals surface area (Å²) in [6.07, 6.45) is 4.92. The zero-order valence-electron chi connectivity index (χ0n) is 11.9. The van der Waals surface area contributed by atoms with Crippen molar-refractivity contribution >= 4 is 0 Å². The molecule has 0 radical (unpaired) electrons. The quantitative estimate of drug-likeness (QED) is 0.842. The van der Waals surface area contributed by atoms with Crippen molar-refractivity contribution in [1.82, 2.24) is 5.32 Å². The highest BCUT2D eigenvalue weighted by molar-refractivity contribution is 5.29. The van der Waals surface area contributed by atoms with Gasteiger partial charge >= 0.3 is 0 Å². The molecule has 0 aromatic heterocycles. The molecule has 1 N–H and O–H groups in total. The van der Waals surface area contributed by atoms with Crippen molar-refractivity contribution in [2.45, 2.75) is 52.2 Å². The number of hydrogen-bond donors (Lipinski definition) is 1. The van der Waals surface area contributed by atoms with Gasteiger partial charge in [0.2, 0.25) is 0 Å². The van der Waals surface area contributed by atoms with Crippen LogP contribution in [0.4, 0.5) is 4.39 Å². The Hall–Kier alpha value is -1.09. The Kier molecular flexibility index (Phi) is 5.20. The van der Waals surface area contributed by atoms with E-state index < -0.39 is 0 Å². The van der Waals surface area contributed by atoms with Crippen molar-refractivity contribution < 1.29 is 9.13 Å². The highest BCUT2D eigenvalue weighted by Crippen LogP contribution is 2.25. The highest BCUT2D eigenvalue weighted by atomic mass is 19.1. The first-order valence-electron chi connectivity index (χ1n) is 7.30. The van der Waals surface area contributed by atoms with Crippen molar-refractivity contribution in [3.05, 3.63) is 29.6 Å². The molecule has 0 saturated heterocycles. The third-order valence-electron chi connectivity index (χ3n) is 3.42. The molecule has 2 nitrogen and oxygen atoms in total. The minimum absolute atomic E-state index is 0.211. The maximum Gasteiger partial charge on any atom is 0.127 e. The van der Waals surface area contributed by atoms with Crippen LogP contribution in [-0.2, 0) is 6.54 Å². The monoisotopic (exact) mass is 265 g/mol. The fourth-order valence-electron chi connectivity index (χ4n) is 2.49. The summed E-state index contributed by atoms with van der Waals surface area (Å²) in [4.78, 5) is 0. The van der Waals surface area contributed by atoms with Crippen molar-refractivity contribution in [3.63, 3.8) is 0 Å². The van der Waals surface area contributed by atoms with Crippen LogP contribution in [0.2, 0.25) is 0 Å². The van der Waals surface area contributed by atoms with Crippen molar-refractivity contribution in [3.8, 4) is 5.75 Å². The van der Waals surface area contributed by atoms with Gasteiger partial charge in [-0.2, -0.15) is 0 Å². The molecule has 0 bridgehead atoms. The van der Waals surface area contributed by atoms with Crippen LogP contribution >= 0.6 is 0 Å². The largest absolute Gasteiger partial charge is 0.490 e. The van der Waals surface area contributed by atoms with Gasteiger partial charge in [0.25, 0.3) is 0 Å². The lowest BCUT2D eigenvalue weighted by atomic mass is 10.2. The van der Waals surface area contributed by atoms with E-state index in [0.29, 0.717) is 18.2 Å². The van der Waals surface area contributed by atoms with E-state index >= 15 is 0 Å². The molecule has 3 heteroatoms. The summed E-state index contributed by atoms with van der Waals surface area (Å²) >= 11 is 0. The van der Waals surface area contributed by atoms with Gasteiger partial charge in [-0.05, 0) is 55.8 Å². The van der Waals surface area contributed by atoms with Crippen LogP contribution in [0.25, 0.3) is 0 Å². The first kappa shape index (κ1) is 14.3. The normalized spacial score (nSPS) is 16.2. The molecular weight excluding hydrogens is 241 g/mol. The van der Waals surface area contributed by atoms with Crippen molar-refractivity contribution in [2.75, 3.05) is 6.54 Å². The second kappa shape index (κ2) is 6.90. The van der Waals surface area contributed by atoms with Crippen molar-refractivity contribution in [2.24, 2.45) is 5.92 Å². The Balaban J connectivity index is 1.93. The van der Waals surface area contributed by atoms with E-state index in [2.05, 4.69) is 19.2 Å². The lowest BCUT2D eigenvalue weighted by Gasteiger charge is -2.14. The summed E-state index contributed by atoms with van der Waals surface area (Å²) in [6, 6.07) is 5.02. The smallest absolute Gasteiger partial charge is 0.127 e. The van der Waals surface area contributed by atoms with Crippen LogP contribution in [-0.4, -0.2) is 12.6 Å².